The molecular weight excluding hydrogens is 332 g/mol. The van der Waals surface area contributed by atoms with Crippen molar-refractivity contribution in [3.63, 3.8) is 0 Å². The number of nitrogens with zero attached hydrogens (tertiary/aromatic N) is 3. The Morgan fingerprint density at radius 2 is 2.05 bits per heavy atom. The Hall–Kier alpha value is -1.66. The molecule has 0 spiro atoms. The fourth-order valence-corrected chi connectivity index (χ4v) is 2.42. The lowest BCUT2D eigenvalue weighted by Gasteiger charge is -2.22. The van der Waals surface area contributed by atoms with Crippen molar-refractivity contribution in [3.8, 4) is 0 Å². The molecule has 1 heterocycles. The maximum absolute atomic E-state index is 12.3. The Morgan fingerprint density at radius 3 is 2.67 bits per heavy atom. The molecule has 5 nitrogen and oxygen atoms in total. The second kappa shape index (κ2) is 7.95. The maximum atomic E-state index is 12.3. The predicted octanol–water partition coefficient (Wildman–Crippen LogP) is 1.68. The van der Waals surface area contributed by atoms with Gasteiger partial charge in [-0.25, -0.2) is 0 Å². The van der Waals surface area contributed by atoms with Crippen molar-refractivity contribution in [2.24, 2.45) is 5.73 Å². The first-order chi connectivity index (χ1) is 10.2. The normalized spacial score (nSPS) is 10.6. The molecule has 0 aliphatic heterocycles. The number of carbonyl (C=O) groups excluding carboxylic acids is 1. The zero-order valence-corrected chi connectivity index (χ0v) is 13.4. The van der Waals surface area contributed by atoms with E-state index in [1.54, 1.807) is 22.0 Å². The van der Waals surface area contributed by atoms with Crippen LogP contribution in [0.15, 0.2) is 47.2 Å². The van der Waals surface area contributed by atoms with Gasteiger partial charge in [0.05, 0.1) is 10.7 Å². The zero-order chi connectivity index (χ0) is 15.1. The highest BCUT2D eigenvalue weighted by atomic mass is 79.9. The minimum atomic E-state index is 0.0342. The number of aromatic nitrogens is 2. The molecule has 1 amide bonds. The summed E-state index contributed by atoms with van der Waals surface area (Å²) in [5, 5.41) is 4.11. The van der Waals surface area contributed by atoms with E-state index < -0.39 is 0 Å². The van der Waals surface area contributed by atoms with Gasteiger partial charge in [0, 0.05) is 25.8 Å². The Bertz CT molecular complexity index is 570. The van der Waals surface area contributed by atoms with Gasteiger partial charge in [-0.2, -0.15) is 5.10 Å². The SMILES string of the molecule is NCCN(CCc1ccccc1)C(=O)Cn1cc(Br)cn1. The summed E-state index contributed by atoms with van der Waals surface area (Å²) in [5.74, 6) is 0.0342. The van der Waals surface area contributed by atoms with Crippen LogP contribution in [0.3, 0.4) is 0 Å². The highest BCUT2D eigenvalue weighted by molar-refractivity contribution is 9.10. The first-order valence-corrected chi connectivity index (χ1v) is 7.68. The van der Waals surface area contributed by atoms with E-state index >= 15 is 0 Å². The number of carbonyl (C=O) groups is 1. The van der Waals surface area contributed by atoms with Gasteiger partial charge in [-0.1, -0.05) is 30.3 Å². The number of halogens is 1. The smallest absolute Gasteiger partial charge is 0.244 e. The van der Waals surface area contributed by atoms with Gasteiger partial charge in [0.15, 0.2) is 0 Å². The molecule has 0 fully saturated rings. The molecule has 2 N–H and O–H groups in total. The summed E-state index contributed by atoms with van der Waals surface area (Å²) in [6.07, 6.45) is 4.29. The quantitative estimate of drug-likeness (QED) is 0.826. The van der Waals surface area contributed by atoms with E-state index in [-0.39, 0.29) is 12.5 Å². The van der Waals surface area contributed by atoms with Gasteiger partial charge in [0.2, 0.25) is 5.91 Å². The molecular formula is C15H19BrN4O. The highest BCUT2D eigenvalue weighted by Gasteiger charge is 2.13. The lowest BCUT2D eigenvalue weighted by atomic mass is 10.1. The molecule has 0 unspecified atom stereocenters. The molecule has 6 heteroatoms. The molecule has 0 bridgehead atoms. The van der Waals surface area contributed by atoms with E-state index in [4.69, 9.17) is 5.73 Å². The van der Waals surface area contributed by atoms with Gasteiger partial charge in [-0.05, 0) is 27.9 Å². The first-order valence-electron chi connectivity index (χ1n) is 6.89. The molecule has 1 aromatic carbocycles. The average Bonchev–Trinajstić information content (AvgIpc) is 2.89. The average molecular weight is 351 g/mol. The molecule has 0 atom stereocenters. The minimum absolute atomic E-state index is 0.0342. The summed E-state index contributed by atoms with van der Waals surface area (Å²) in [4.78, 5) is 14.1. The van der Waals surface area contributed by atoms with Crippen LogP contribution in [-0.2, 0) is 17.8 Å². The second-order valence-electron chi connectivity index (χ2n) is 4.76. The van der Waals surface area contributed by atoms with Gasteiger partial charge in [0.1, 0.15) is 6.54 Å². The summed E-state index contributed by atoms with van der Waals surface area (Å²) in [7, 11) is 0. The number of hydrogen-bond acceptors (Lipinski definition) is 3. The summed E-state index contributed by atoms with van der Waals surface area (Å²) in [5.41, 5.74) is 6.83. The zero-order valence-electron chi connectivity index (χ0n) is 11.8. The number of hydrogen-bond donors (Lipinski definition) is 1. The Kier molecular flexibility index (Phi) is 5.95. The molecule has 0 radical (unpaired) electrons. The third-order valence-electron chi connectivity index (χ3n) is 3.16. The van der Waals surface area contributed by atoms with Crippen LogP contribution in [-0.4, -0.2) is 40.2 Å². The Balaban J connectivity index is 1.92. The van der Waals surface area contributed by atoms with Gasteiger partial charge in [-0.3, -0.25) is 9.48 Å². The van der Waals surface area contributed by atoms with Crippen LogP contribution in [0.4, 0.5) is 0 Å². The standard InChI is InChI=1S/C15H19BrN4O/c16-14-10-18-20(11-14)12-15(21)19(9-7-17)8-6-13-4-2-1-3-5-13/h1-5,10-11H,6-9,12,17H2. The van der Waals surface area contributed by atoms with Crippen LogP contribution < -0.4 is 5.73 Å². The Morgan fingerprint density at radius 1 is 1.29 bits per heavy atom. The molecule has 1 aromatic heterocycles. The molecule has 0 saturated heterocycles. The number of benzene rings is 1. The largest absolute Gasteiger partial charge is 0.339 e. The van der Waals surface area contributed by atoms with Crippen LogP contribution >= 0.6 is 15.9 Å². The van der Waals surface area contributed by atoms with Crippen LogP contribution in [0.2, 0.25) is 0 Å². The predicted molar refractivity (Wildman–Crippen MR) is 85.7 cm³/mol. The van der Waals surface area contributed by atoms with E-state index in [0.29, 0.717) is 19.6 Å². The van der Waals surface area contributed by atoms with Gasteiger partial charge in [0.25, 0.3) is 0 Å². The third kappa shape index (κ3) is 4.99. The molecule has 21 heavy (non-hydrogen) atoms. The van der Waals surface area contributed by atoms with Crippen molar-refractivity contribution in [3.05, 3.63) is 52.8 Å². The molecule has 0 aliphatic rings. The van der Waals surface area contributed by atoms with Crippen LogP contribution in [0.25, 0.3) is 0 Å². The van der Waals surface area contributed by atoms with E-state index in [1.165, 1.54) is 5.56 Å². The topological polar surface area (TPSA) is 64.2 Å². The summed E-state index contributed by atoms with van der Waals surface area (Å²) < 4.78 is 2.49. The van der Waals surface area contributed by atoms with Crippen molar-refractivity contribution in [2.45, 2.75) is 13.0 Å². The minimum Gasteiger partial charge on any atom is -0.339 e. The monoisotopic (exact) mass is 350 g/mol. The summed E-state index contributed by atoms with van der Waals surface area (Å²) in [6.45, 7) is 1.93. The number of nitrogens with two attached hydrogens (primary N) is 1. The Labute approximate surface area is 132 Å². The summed E-state index contributed by atoms with van der Waals surface area (Å²) in [6, 6.07) is 10.1. The molecule has 2 aromatic rings. The van der Waals surface area contributed by atoms with Crippen LogP contribution in [0, 0.1) is 0 Å². The van der Waals surface area contributed by atoms with E-state index in [2.05, 4.69) is 33.2 Å². The fraction of sp³-hybridized carbons (Fsp3) is 0.333. The van der Waals surface area contributed by atoms with Gasteiger partial charge >= 0.3 is 0 Å². The second-order valence-corrected chi connectivity index (χ2v) is 5.68. The lowest BCUT2D eigenvalue weighted by molar-refractivity contribution is -0.131. The van der Waals surface area contributed by atoms with Crippen molar-refractivity contribution in [2.75, 3.05) is 19.6 Å². The maximum Gasteiger partial charge on any atom is 0.244 e. The van der Waals surface area contributed by atoms with Gasteiger partial charge in [-0.15, -0.1) is 0 Å². The van der Waals surface area contributed by atoms with E-state index in [0.717, 1.165) is 10.9 Å². The summed E-state index contributed by atoms with van der Waals surface area (Å²) >= 11 is 3.32. The van der Waals surface area contributed by atoms with Crippen molar-refractivity contribution < 1.29 is 4.79 Å². The van der Waals surface area contributed by atoms with Crippen molar-refractivity contribution in [1.29, 1.82) is 0 Å². The first kappa shape index (κ1) is 15.7. The molecule has 0 aliphatic carbocycles. The van der Waals surface area contributed by atoms with Crippen LogP contribution in [0.1, 0.15) is 5.56 Å². The molecule has 2 rings (SSSR count). The van der Waals surface area contributed by atoms with Gasteiger partial charge < -0.3 is 10.6 Å². The van der Waals surface area contributed by atoms with Crippen LogP contribution in [0.5, 0.6) is 0 Å². The lowest BCUT2D eigenvalue weighted by Crippen LogP contribution is -2.39. The number of rotatable bonds is 7. The highest BCUT2D eigenvalue weighted by Crippen LogP contribution is 2.07. The number of amides is 1. The van der Waals surface area contributed by atoms with Crippen molar-refractivity contribution >= 4 is 21.8 Å². The van der Waals surface area contributed by atoms with Crippen molar-refractivity contribution in [1.82, 2.24) is 14.7 Å². The molecule has 112 valence electrons. The third-order valence-corrected chi connectivity index (χ3v) is 3.57. The van der Waals surface area contributed by atoms with E-state index in [1.807, 2.05) is 18.2 Å². The van der Waals surface area contributed by atoms with E-state index in [9.17, 15) is 4.79 Å². The molecule has 0 saturated carbocycles. The fourth-order valence-electron chi connectivity index (χ4n) is 2.09.